The number of methoxy groups -OCH3 is 1. The molecular formula is C11H12O6S2. The van der Waals surface area contributed by atoms with Gasteiger partial charge in [0.05, 0.1) is 12.0 Å². The van der Waals surface area contributed by atoms with Crippen molar-refractivity contribution in [2.45, 2.75) is 4.90 Å². The van der Waals surface area contributed by atoms with Gasteiger partial charge in [0.1, 0.15) is 0 Å². The van der Waals surface area contributed by atoms with Crippen LogP contribution in [0.1, 0.15) is 0 Å². The van der Waals surface area contributed by atoms with Gasteiger partial charge in [0.15, 0.2) is 15.6 Å². The Morgan fingerprint density at radius 3 is 2.21 bits per heavy atom. The van der Waals surface area contributed by atoms with Gasteiger partial charge < -0.3 is 4.74 Å². The smallest absolute Gasteiger partial charge is 0.321 e. The van der Waals surface area contributed by atoms with Crippen LogP contribution < -0.4 is 0 Å². The van der Waals surface area contributed by atoms with Crippen LogP contribution in [0.15, 0.2) is 46.0 Å². The molecule has 104 valence electrons. The lowest BCUT2D eigenvalue weighted by Crippen LogP contribution is -2.15. The van der Waals surface area contributed by atoms with Crippen LogP contribution in [-0.2, 0) is 29.2 Å². The molecule has 0 saturated heterocycles. The van der Waals surface area contributed by atoms with Crippen molar-refractivity contribution in [1.29, 1.82) is 0 Å². The lowest BCUT2D eigenvalue weighted by atomic mass is 10.4. The highest BCUT2D eigenvalue weighted by atomic mass is 32.2. The Kier molecular flexibility index (Phi) is 4.84. The molecule has 0 saturated carbocycles. The fourth-order valence-electron chi connectivity index (χ4n) is 1.12. The minimum atomic E-state index is -3.97. The van der Waals surface area contributed by atoms with Crippen molar-refractivity contribution in [3.63, 3.8) is 0 Å². The van der Waals surface area contributed by atoms with E-state index in [2.05, 4.69) is 4.74 Å². The quantitative estimate of drug-likeness (QED) is 0.736. The predicted octanol–water partition coefficient (Wildman–Crippen LogP) is 0.519. The van der Waals surface area contributed by atoms with Crippen LogP contribution in [0.25, 0.3) is 0 Å². The van der Waals surface area contributed by atoms with E-state index in [1.165, 1.54) is 24.3 Å². The summed E-state index contributed by atoms with van der Waals surface area (Å²) in [4.78, 5) is 10.8. The summed E-state index contributed by atoms with van der Waals surface area (Å²) in [5.74, 6) is -1.86. The molecule has 0 bridgehead atoms. The van der Waals surface area contributed by atoms with Crippen LogP contribution in [0, 0.1) is 0 Å². The van der Waals surface area contributed by atoms with E-state index < -0.39 is 31.4 Å². The monoisotopic (exact) mass is 304 g/mol. The van der Waals surface area contributed by atoms with Crippen LogP contribution >= 0.6 is 0 Å². The third-order valence-electron chi connectivity index (χ3n) is 2.06. The summed E-state index contributed by atoms with van der Waals surface area (Å²) in [5.41, 5.74) is 0. The summed E-state index contributed by atoms with van der Waals surface area (Å²) in [6.45, 7) is 0. The Labute approximate surface area is 111 Å². The Bertz CT molecular complexity index is 671. The molecule has 0 aliphatic rings. The van der Waals surface area contributed by atoms with E-state index in [4.69, 9.17) is 0 Å². The maximum atomic E-state index is 11.8. The molecule has 19 heavy (non-hydrogen) atoms. The first-order valence-corrected chi connectivity index (χ1v) is 8.31. The van der Waals surface area contributed by atoms with Gasteiger partial charge in [-0.15, -0.1) is 0 Å². The lowest BCUT2D eigenvalue weighted by molar-refractivity contribution is -0.137. The maximum Gasteiger partial charge on any atom is 0.321 e. The molecule has 0 N–H and O–H groups in total. The molecule has 0 aromatic heterocycles. The fraction of sp³-hybridized carbons (Fsp3) is 0.182. The molecule has 0 fully saturated rings. The van der Waals surface area contributed by atoms with Crippen molar-refractivity contribution in [1.82, 2.24) is 0 Å². The molecule has 6 nitrogen and oxygen atoms in total. The Morgan fingerprint density at radius 1 is 1.11 bits per heavy atom. The van der Waals surface area contributed by atoms with Crippen LogP contribution in [0.5, 0.6) is 0 Å². The summed E-state index contributed by atoms with van der Waals surface area (Å²) in [7, 11) is -6.77. The second kappa shape index (κ2) is 5.98. The standard InChI is InChI=1S/C11H12O6S2/c1-17-11(12)9-18(13,14)7-8-19(15,16)10-5-3-2-4-6-10/h2-8H,9H2,1H3/b8-7+. The molecule has 0 aliphatic carbocycles. The highest BCUT2D eigenvalue weighted by Gasteiger charge is 2.16. The van der Waals surface area contributed by atoms with Crippen LogP contribution in [0.3, 0.4) is 0 Å². The number of carbonyl (C=O) groups is 1. The second-order valence-electron chi connectivity index (χ2n) is 3.51. The third kappa shape index (κ3) is 4.84. The number of hydrogen-bond acceptors (Lipinski definition) is 6. The van der Waals surface area contributed by atoms with Gasteiger partial charge in [0.2, 0.25) is 9.84 Å². The summed E-state index contributed by atoms with van der Waals surface area (Å²) in [5, 5.41) is 1.05. The average Bonchev–Trinajstić information content (AvgIpc) is 2.37. The number of ether oxygens (including phenoxy) is 1. The summed E-state index contributed by atoms with van der Waals surface area (Å²) in [6, 6.07) is 7.35. The van der Waals surface area contributed by atoms with Crippen molar-refractivity contribution < 1.29 is 26.4 Å². The molecule has 0 heterocycles. The molecule has 1 rings (SSSR count). The molecule has 8 heteroatoms. The van der Waals surface area contributed by atoms with Gasteiger partial charge in [-0.2, -0.15) is 0 Å². The SMILES string of the molecule is COC(=O)CS(=O)(=O)/C=C/S(=O)(=O)c1ccccc1. The van der Waals surface area contributed by atoms with E-state index in [1.807, 2.05) is 0 Å². The molecule has 0 amide bonds. The highest BCUT2D eigenvalue weighted by molar-refractivity contribution is 7.98. The largest absolute Gasteiger partial charge is 0.468 e. The van der Waals surface area contributed by atoms with E-state index in [0.717, 1.165) is 7.11 Å². The number of hydrogen-bond donors (Lipinski definition) is 0. The summed E-state index contributed by atoms with van der Waals surface area (Å²) in [6.07, 6.45) is 0. The Hall–Kier alpha value is -1.67. The molecule has 0 aliphatic heterocycles. The number of rotatable bonds is 5. The predicted molar refractivity (Wildman–Crippen MR) is 68.6 cm³/mol. The lowest BCUT2D eigenvalue weighted by Gasteiger charge is -1.99. The van der Waals surface area contributed by atoms with Gasteiger partial charge in [-0.25, -0.2) is 16.8 Å². The molecule has 1 aromatic rings. The topological polar surface area (TPSA) is 94.6 Å². The minimum Gasteiger partial charge on any atom is -0.468 e. The van der Waals surface area contributed by atoms with Gasteiger partial charge in [0.25, 0.3) is 0 Å². The minimum absolute atomic E-state index is 0.0282. The second-order valence-corrected chi connectivity index (χ2v) is 7.23. The average molecular weight is 304 g/mol. The number of carbonyl (C=O) groups excluding carboxylic acids is 1. The maximum absolute atomic E-state index is 11.8. The summed E-state index contributed by atoms with van der Waals surface area (Å²) < 4.78 is 50.6. The zero-order valence-electron chi connectivity index (χ0n) is 10.0. The van der Waals surface area contributed by atoms with Crippen molar-refractivity contribution in [3.05, 3.63) is 41.1 Å². The van der Waals surface area contributed by atoms with Crippen molar-refractivity contribution in [2.24, 2.45) is 0 Å². The Morgan fingerprint density at radius 2 is 1.68 bits per heavy atom. The van der Waals surface area contributed by atoms with E-state index in [1.54, 1.807) is 6.07 Å². The summed E-state index contributed by atoms with van der Waals surface area (Å²) >= 11 is 0. The van der Waals surface area contributed by atoms with E-state index in [-0.39, 0.29) is 4.90 Å². The van der Waals surface area contributed by atoms with Gasteiger partial charge in [-0.05, 0) is 12.1 Å². The third-order valence-corrected chi connectivity index (χ3v) is 4.85. The van der Waals surface area contributed by atoms with E-state index >= 15 is 0 Å². The fourth-order valence-corrected chi connectivity index (χ4v) is 3.62. The number of sulfone groups is 2. The highest BCUT2D eigenvalue weighted by Crippen LogP contribution is 2.12. The van der Waals surface area contributed by atoms with Crippen molar-refractivity contribution >= 4 is 25.6 Å². The van der Waals surface area contributed by atoms with Crippen molar-refractivity contribution in [3.8, 4) is 0 Å². The van der Waals surface area contributed by atoms with E-state index in [0.29, 0.717) is 10.8 Å². The Balaban J connectivity index is 2.96. The van der Waals surface area contributed by atoms with Gasteiger partial charge in [-0.1, -0.05) is 18.2 Å². The number of esters is 1. The normalized spacial score (nSPS) is 12.5. The molecule has 1 aromatic carbocycles. The first kappa shape index (κ1) is 15.4. The van der Waals surface area contributed by atoms with Crippen LogP contribution in [-0.4, -0.2) is 35.7 Å². The molecule has 0 spiro atoms. The van der Waals surface area contributed by atoms with Gasteiger partial charge in [-0.3, -0.25) is 4.79 Å². The zero-order valence-corrected chi connectivity index (χ0v) is 11.6. The van der Waals surface area contributed by atoms with Gasteiger partial charge in [0, 0.05) is 10.8 Å². The number of benzene rings is 1. The molecule has 0 unspecified atom stereocenters. The van der Waals surface area contributed by atoms with Crippen LogP contribution in [0.4, 0.5) is 0 Å². The first-order valence-electron chi connectivity index (χ1n) is 5.04. The molecular weight excluding hydrogens is 292 g/mol. The van der Waals surface area contributed by atoms with Crippen LogP contribution in [0.2, 0.25) is 0 Å². The van der Waals surface area contributed by atoms with Crippen molar-refractivity contribution in [2.75, 3.05) is 12.9 Å². The van der Waals surface area contributed by atoms with Gasteiger partial charge >= 0.3 is 5.97 Å². The molecule has 0 atom stereocenters. The first-order chi connectivity index (χ1) is 8.77. The zero-order chi connectivity index (χ0) is 14.5. The molecule has 0 radical (unpaired) electrons. The van der Waals surface area contributed by atoms with E-state index in [9.17, 15) is 21.6 Å².